The van der Waals surface area contributed by atoms with E-state index in [0.29, 0.717) is 11.2 Å². The van der Waals surface area contributed by atoms with Crippen molar-refractivity contribution in [2.24, 2.45) is 0 Å². The molecule has 3 aromatic rings. The summed E-state index contributed by atoms with van der Waals surface area (Å²) >= 11 is 0. The molecule has 0 unspecified atom stereocenters. The summed E-state index contributed by atoms with van der Waals surface area (Å²) < 4.78 is 37.7. The minimum Gasteiger partial charge on any atom is -0.322 e. The van der Waals surface area contributed by atoms with Crippen LogP contribution in [0.1, 0.15) is 21.5 Å². The first-order valence-electron chi connectivity index (χ1n) is 7.36. The number of benzene rings is 2. The molecule has 128 valence electrons. The van der Waals surface area contributed by atoms with Crippen LogP contribution < -0.4 is 10.9 Å². The number of aromatic amines is 1. The fraction of sp³-hybridized carbons (Fsp3) is 0.111. The van der Waals surface area contributed by atoms with E-state index < -0.39 is 17.6 Å². The van der Waals surface area contributed by atoms with Crippen molar-refractivity contribution in [3.05, 3.63) is 75.6 Å². The van der Waals surface area contributed by atoms with Gasteiger partial charge in [0.15, 0.2) is 0 Å². The van der Waals surface area contributed by atoms with Crippen molar-refractivity contribution in [1.82, 2.24) is 4.98 Å². The Morgan fingerprint density at radius 2 is 1.72 bits per heavy atom. The van der Waals surface area contributed by atoms with Crippen LogP contribution in [0.25, 0.3) is 10.9 Å². The molecule has 0 aliphatic carbocycles. The normalized spacial score (nSPS) is 11.5. The third-order valence-electron chi connectivity index (χ3n) is 3.78. The first-order valence-corrected chi connectivity index (χ1v) is 7.36. The molecule has 0 fully saturated rings. The van der Waals surface area contributed by atoms with Gasteiger partial charge in [0.25, 0.3) is 5.91 Å². The zero-order valence-corrected chi connectivity index (χ0v) is 13.1. The number of halogens is 3. The number of rotatable bonds is 2. The summed E-state index contributed by atoms with van der Waals surface area (Å²) in [5, 5.41) is 3.45. The first kappa shape index (κ1) is 16.8. The highest BCUT2D eigenvalue weighted by Crippen LogP contribution is 2.29. The SMILES string of the molecule is Cc1cc(=O)[nH]c2cc(NC(=O)c3ccc(C(F)(F)F)cc3)ccc12. The predicted octanol–water partition coefficient (Wildman–Crippen LogP) is 4.11. The van der Waals surface area contributed by atoms with Gasteiger partial charge in [0, 0.05) is 22.7 Å². The molecule has 2 N–H and O–H groups in total. The van der Waals surface area contributed by atoms with Crippen LogP contribution in [-0.2, 0) is 6.18 Å². The van der Waals surface area contributed by atoms with E-state index in [1.165, 1.54) is 6.07 Å². The molecule has 0 aliphatic rings. The van der Waals surface area contributed by atoms with Gasteiger partial charge in [-0.1, -0.05) is 6.07 Å². The van der Waals surface area contributed by atoms with Crippen molar-refractivity contribution in [3.8, 4) is 0 Å². The molecule has 0 bridgehead atoms. The summed E-state index contributed by atoms with van der Waals surface area (Å²) in [6, 6.07) is 10.4. The summed E-state index contributed by atoms with van der Waals surface area (Å²) in [6.07, 6.45) is -4.45. The van der Waals surface area contributed by atoms with E-state index in [-0.39, 0.29) is 11.1 Å². The fourth-order valence-corrected chi connectivity index (χ4v) is 2.53. The largest absolute Gasteiger partial charge is 0.416 e. The topological polar surface area (TPSA) is 62.0 Å². The van der Waals surface area contributed by atoms with Crippen molar-refractivity contribution >= 4 is 22.5 Å². The maximum atomic E-state index is 12.6. The van der Waals surface area contributed by atoms with Crippen molar-refractivity contribution in [2.45, 2.75) is 13.1 Å². The average Bonchev–Trinajstić information content (AvgIpc) is 2.53. The molecular weight excluding hydrogens is 333 g/mol. The first-order chi connectivity index (χ1) is 11.7. The molecule has 1 amide bonds. The number of hydrogen-bond acceptors (Lipinski definition) is 2. The summed E-state index contributed by atoms with van der Waals surface area (Å²) in [5.74, 6) is -0.539. The Bertz CT molecular complexity index is 1010. The number of fused-ring (bicyclic) bond motifs is 1. The molecule has 25 heavy (non-hydrogen) atoms. The maximum Gasteiger partial charge on any atom is 0.416 e. The number of carbonyl (C=O) groups excluding carboxylic acids is 1. The number of alkyl halides is 3. The molecule has 4 nitrogen and oxygen atoms in total. The lowest BCUT2D eigenvalue weighted by Gasteiger charge is -2.09. The molecule has 1 heterocycles. The van der Waals surface area contributed by atoms with Crippen LogP contribution in [0, 0.1) is 6.92 Å². The highest BCUT2D eigenvalue weighted by molar-refractivity contribution is 6.05. The summed E-state index contributed by atoms with van der Waals surface area (Å²) in [6.45, 7) is 1.80. The van der Waals surface area contributed by atoms with E-state index in [0.717, 1.165) is 35.2 Å². The van der Waals surface area contributed by atoms with Gasteiger partial charge in [-0.3, -0.25) is 9.59 Å². The Morgan fingerprint density at radius 3 is 2.36 bits per heavy atom. The second kappa shape index (κ2) is 6.08. The number of aromatic nitrogens is 1. The smallest absolute Gasteiger partial charge is 0.322 e. The van der Waals surface area contributed by atoms with E-state index in [1.807, 2.05) is 0 Å². The van der Waals surface area contributed by atoms with Crippen molar-refractivity contribution in [2.75, 3.05) is 5.32 Å². The summed E-state index contributed by atoms with van der Waals surface area (Å²) in [4.78, 5) is 26.4. The molecule has 1 aromatic heterocycles. The van der Waals surface area contributed by atoms with Gasteiger partial charge in [0.2, 0.25) is 5.56 Å². The fourth-order valence-electron chi connectivity index (χ4n) is 2.53. The van der Waals surface area contributed by atoms with Crippen LogP contribution in [0.2, 0.25) is 0 Å². The van der Waals surface area contributed by atoms with Gasteiger partial charge in [-0.15, -0.1) is 0 Å². The molecular formula is C18H13F3N2O2. The lowest BCUT2D eigenvalue weighted by molar-refractivity contribution is -0.137. The van der Waals surface area contributed by atoms with Gasteiger partial charge in [0.1, 0.15) is 0 Å². The zero-order chi connectivity index (χ0) is 18.2. The number of amides is 1. The van der Waals surface area contributed by atoms with Gasteiger partial charge in [-0.25, -0.2) is 0 Å². The monoisotopic (exact) mass is 346 g/mol. The van der Waals surface area contributed by atoms with Gasteiger partial charge in [0.05, 0.1) is 11.1 Å². The van der Waals surface area contributed by atoms with Crippen molar-refractivity contribution in [3.63, 3.8) is 0 Å². The zero-order valence-electron chi connectivity index (χ0n) is 13.1. The Morgan fingerprint density at radius 1 is 1.04 bits per heavy atom. The lowest BCUT2D eigenvalue weighted by atomic mass is 10.1. The number of pyridine rings is 1. The van der Waals surface area contributed by atoms with Crippen molar-refractivity contribution in [1.29, 1.82) is 0 Å². The number of aryl methyl sites for hydroxylation is 1. The van der Waals surface area contributed by atoms with Crippen LogP contribution in [0.3, 0.4) is 0 Å². The van der Waals surface area contributed by atoms with E-state index in [4.69, 9.17) is 0 Å². The molecule has 7 heteroatoms. The standard InChI is InChI=1S/C18H13F3N2O2/c1-10-8-16(24)23-15-9-13(6-7-14(10)15)22-17(25)11-2-4-12(5-3-11)18(19,20)21/h2-9H,1H3,(H,22,25)(H,23,24). The van der Waals surface area contributed by atoms with Crippen LogP contribution in [-0.4, -0.2) is 10.9 Å². The lowest BCUT2D eigenvalue weighted by Crippen LogP contribution is -2.13. The molecule has 0 aliphatic heterocycles. The molecule has 0 radical (unpaired) electrons. The van der Waals surface area contributed by atoms with E-state index in [2.05, 4.69) is 10.3 Å². The number of H-pyrrole nitrogens is 1. The van der Waals surface area contributed by atoms with Crippen LogP contribution in [0.5, 0.6) is 0 Å². The van der Waals surface area contributed by atoms with Crippen molar-refractivity contribution < 1.29 is 18.0 Å². The third kappa shape index (κ3) is 3.55. The van der Waals surface area contributed by atoms with Crippen LogP contribution >= 0.6 is 0 Å². The highest BCUT2D eigenvalue weighted by atomic mass is 19.4. The van der Waals surface area contributed by atoms with E-state index in [1.54, 1.807) is 25.1 Å². The summed E-state index contributed by atoms with van der Waals surface area (Å²) in [7, 11) is 0. The van der Waals surface area contributed by atoms with Gasteiger partial charge in [-0.2, -0.15) is 13.2 Å². The van der Waals surface area contributed by atoms with Gasteiger partial charge >= 0.3 is 6.18 Å². The second-order valence-corrected chi connectivity index (χ2v) is 5.61. The molecule has 0 atom stereocenters. The average molecular weight is 346 g/mol. The Kier molecular flexibility index (Phi) is 4.08. The Labute approximate surface area is 140 Å². The highest BCUT2D eigenvalue weighted by Gasteiger charge is 2.30. The summed E-state index contributed by atoms with van der Waals surface area (Å²) in [5.41, 5.74) is 0.832. The van der Waals surface area contributed by atoms with Gasteiger partial charge < -0.3 is 10.3 Å². The molecule has 0 saturated heterocycles. The Hall–Kier alpha value is -3.09. The van der Waals surface area contributed by atoms with Gasteiger partial charge in [-0.05, 0) is 48.9 Å². The minimum absolute atomic E-state index is 0.103. The Balaban J connectivity index is 1.85. The van der Waals surface area contributed by atoms with E-state index in [9.17, 15) is 22.8 Å². The van der Waals surface area contributed by atoms with Crippen LogP contribution in [0.15, 0.2) is 53.3 Å². The molecule has 3 rings (SSSR count). The predicted molar refractivity (Wildman–Crippen MR) is 88.7 cm³/mol. The number of nitrogens with one attached hydrogen (secondary N) is 2. The quantitative estimate of drug-likeness (QED) is 0.734. The van der Waals surface area contributed by atoms with Crippen LogP contribution in [0.4, 0.5) is 18.9 Å². The minimum atomic E-state index is -4.45. The molecule has 0 saturated carbocycles. The molecule has 0 spiro atoms. The number of anilines is 1. The van der Waals surface area contributed by atoms with E-state index >= 15 is 0 Å². The maximum absolute atomic E-state index is 12.6. The number of hydrogen-bond donors (Lipinski definition) is 2. The second-order valence-electron chi connectivity index (χ2n) is 5.61. The molecule has 2 aromatic carbocycles. The third-order valence-corrected chi connectivity index (χ3v) is 3.78. The number of carbonyl (C=O) groups is 1.